The Kier molecular flexibility index (Phi) is 4.45. The van der Waals surface area contributed by atoms with Crippen molar-refractivity contribution in [3.63, 3.8) is 0 Å². The van der Waals surface area contributed by atoms with Crippen LogP contribution in [0, 0.1) is 5.82 Å². The Hall–Kier alpha value is -1.62. The molecule has 0 aliphatic rings. The highest BCUT2D eigenvalue weighted by Gasteiger charge is 2.14. The molecule has 0 aliphatic carbocycles. The molecule has 0 heterocycles. The third kappa shape index (κ3) is 3.17. The summed E-state index contributed by atoms with van der Waals surface area (Å²) in [5.74, 6) is -1.99. The van der Waals surface area contributed by atoms with Crippen LogP contribution in [0.2, 0.25) is 0 Å². The van der Waals surface area contributed by atoms with Crippen molar-refractivity contribution in [2.45, 2.75) is 13.0 Å². The lowest BCUT2D eigenvalue weighted by atomic mass is 10.1. The number of hydrogen-bond donors (Lipinski definition) is 1. The molecule has 1 aromatic carbocycles. The minimum atomic E-state index is -1.26. The summed E-state index contributed by atoms with van der Waals surface area (Å²) in [5, 5.41) is 8.71. The van der Waals surface area contributed by atoms with Gasteiger partial charge < -0.3 is 14.7 Å². The second kappa shape index (κ2) is 5.63. The largest absolute Gasteiger partial charge is 0.478 e. The van der Waals surface area contributed by atoms with Crippen LogP contribution in [0.1, 0.15) is 17.3 Å². The molecule has 0 saturated carbocycles. The molecule has 0 spiro atoms. The molecule has 17 heavy (non-hydrogen) atoms. The van der Waals surface area contributed by atoms with Gasteiger partial charge in [-0.2, -0.15) is 0 Å². The number of carboxylic acids is 1. The molecule has 0 radical (unpaired) electrons. The Morgan fingerprint density at radius 1 is 1.59 bits per heavy atom. The van der Waals surface area contributed by atoms with Crippen LogP contribution < -0.4 is 4.90 Å². The molecule has 1 atom stereocenters. The fourth-order valence-electron chi connectivity index (χ4n) is 1.50. The number of rotatable bonds is 5. The molecule has 5 heteroatoms. The quantitative estimate of drug-likeness (QED) is 0.856. The molecule has 0 bridgehead atoms. The summed E-state index contributed by atoms with van der Waals surface area (Å²) in [6.07, 6.45) is 0. The van der Waals surface area contributed by atoms with Gasteiger partial charge in [0.1, 0.15) is 5.82 Å². The smallest absolute Gasteiger partial charge is 0.338 e. The third-order valence-electron chi connectivity index (χ3n) is 2.66. The monoisotopic (exact) mass is 241 g/mol. The minimum absolute atomic E-state index is 0.0788. The summed E-state index contributed by atoms with van der Waals surface area (Å²) >= 11 is 0. The highest BCUT2D eigenvalue weighted by atomic mass is 19.1. The fraction of sp³-hybridized carbons (Fsp3) is 0.417. The zero-order chi connectivity index (χ0) is 13.0. The number of ether oxygens (including phenoxy) is 1. The fourth-order valence-corrected chi connectivity index (χ4v) is 1.50. The zero-order valence-corrected chi connectivity index (χ0v) is 10.1. The topological polar surface area (TPSA) is 49.8 Å². The standard InChI is InChI=1S/C12H16FNO3/c1-8(7-17-3)14(2)9-4-5-10(12(15)16)11(13)6-9/h4-6,8H,7H2,1-3H3,(H,15,16). The lowest BCUT2D eigenvalue weighted by molar-refractivity contribution is 0.0692. The molecule has 0 fully saturated rings. The number of carboxylic acid groups (broad SMARTS) is 1. The number of methoxy groups -OCH3 is 1. The summed E-state index contributed by atoms with van der Waals surface area (Å²) in [5.41, 5.74) is 0.304. The first kappa shape index (κ1) is 13.4. The summed E-state index contributed by atoms with van der Waals surface area (Å²) in [6.45, 7) is 2.45. The van der Waals surface area contributed by atoms with Gasteiger partial charge in [0, 0.05) is 25.9 Å². The SMILES string of the molecule is COCC(C)N(C)c1ccc(C(=O)O)c(F)c1. The molecule has 0 amide bonds. The van der Waals surface area contributed by atoms with Gasteiger partial charge in [-0.25, -0.2) is 9.18 Å². The molecule has 94 valence electrons. The Labute approximate surface area is 99.6 Å². The molecule has 1 rings (SSSR count). The van der Waals surface area contributed by atoms with Crippen molar-refractivity contribution in [3.05, 3.63) is 29.6 Å². The summed E-state index contributed by atoms with van der Waals surface area (Å²) in [7, 11) is 3.40. The van der Waals surface area contributed by atoms with Crippen molar-refractivity contribution in [2.24, 2.45) is 0 Å². The van der Waals surface area contributed by atoms with Crippen LogP contribution in [0.15, 0.2) is 18.2 Å². The van der Waals surface area contributed by atoms with E-state index in [9.17, 15) is 9.18 Å². The van der Waals surface area contributed by atoms with Crippen molar-refractivity contribution in [3.8, 4) is 0 Å². The first-order chi connectivity index (χ1) is 7.97. The van der Waals surface area contributed by atoms with Gasteiger partial charge >= 0.3 is 5.97 Å². The van der Waals surface area contributed by atoms with Gasteiger partial charge in [0.15, 0.2) is 0 Å². The normalized spacial score (nSPS) is 12.2. The molecular weight excluding hydrogens is 225 g/mol. The second-order valence-corrected chi connectivity index (χ2v) is 3.88. The van der Waals surface area contributed by atoms with Crippen molar-refractivity contribution in [2.75, 3.05) is 25.7 Å². The van der Waals surface area contributed by atoms with Gasteiger partial charge in [0.05, 0.1) is 12.2 Å². The second-order valence-electron chi connectivity index (χ2n) is 3.88. The van der Waals surface area contributed by atoms with E-state index in [1.54, 1.807) is 20.2 Å². The van der Waals surface area contributed by atoms with E-state index in [0.29, 0.717) is 12.3 Å². The number of aromatic carboxylic acids is 1. The number of nitrogens with zero attached hydrogens (tertiary/aromatic N) is 1. The van der Waals surface area contributed by atoms with Crippen molar-refractivity contribution in [1.29, 1.82) is 0 Å². The van der Waals surface area contributed by atoms with Gasteiger partial charge in [0.25, 0.3) is 0 Å². The minimum Gasteiger partial charge on any atom is -0.478 e. The lowest BCUT2D eigenvalue weighted by Crippen LogP contribution is -2.32. The van der Waals surface area contributed by atoms with Crippen molar-refractivity contribution in [1.82, 2.24) is 0 Å². The number of benzene rings is 1. The number of hydrogen-bond acceptors (Lipinski definition) is 3. The van der Waals surface area contributed by atoms with Gasteiger partial charge in [-0.15, -0.1) is 0 Å². The molecule has 0 aromatic heterocycles. The maximum Gasteiger partial charge on any atom is 0.338 e. The molecule has 1 N–H and O–H groups in total. The van der Waals surface area contributed by atoms with Crippen molar-refractivity contribution < 1.29 is 19.0 Å². The number of halogens is 1. The van der Waals surface area contributed by atoms with E-state index in [1.165, 1.54) is 12.1 Å². The van der Waals surface area contributed by atoms with Crippen LogP contribution in [0.3, 0.4) is 0 Å². The van der Waals surface area contributed by atoms with Gasteiger partial charge in [-0.3, -0.25) is 0 Å². The predicted molar refractivity (Wildman–Crippen MR) is 63.1 cm³/mol. The molecule has 0 aliphatic heterocycles. The van der Waals surface area contributed by atoms with Crippen molar-refractivity contribution >= 4 is 11.7 Å². The Morgan fingerprint density at radius 2 is 2.24 bits per heavy atom. The molecule has 0 saturated heterocycles. The molecule has 1 aromatic rings. The first-order valence-electron chi connectivity index (χ1n) is 5.22. The van der Waals surface area contributed by atoms with E-state index >= 15 is 0 Å². The van der Waals surface area contributed by atoms with Crippen LogP contribution in [-0.2, 0) is 4.74 Å². The van der Waals surface area contributed by atoms with Crippen LogP contribution >= 0.6 is 0 Å². The lowest BCUT2D eigenvalue weighted by Gasteiger charge is -2.26. The maximum absolute atomic E-state index is 13.5. The highest BCUT2D eigenvalue weighted by Crippen LogP contribution is 2.19. The average molecular weight is 241 g/mol. The van der Waals surface area contributed by atoms with E-state index in [4.69, 9.17) is 9.84 Å². The van der Waals surface area contributed by atoms with Crippen LogP contribution in [-0.4, -0.2) is 37.9 Å². The molecule has 4 nitrogen and oxygen atoms in total. The van der Waals surface area contributed by atoms with E-state index in [1.807, 2.05) is 11.8 Å². The number of carbonyl (C=O) groups is 1. The molecular formula is C12H16FNO3. The number of anilines is 1. The summed E-state index contributed by atoms with van der Waals surface area (Å²) < 4.78 is 18.5. The van der Waals surface area contributed by atoms with E-state index in [-0.39, 0.29) is 11.6 Å². The van der Waals surface area contributed by atoms with E-state index in [2.05, 4.69) is 0 Å². The Bertz CT molecular complexity index is 409. The predicted octanol–water partition coefficient (Wildman–Crippen LogP) is 2.00. The first-order valence-corrected chi connectivity index (χ1v) is 5.22. The maximum atomic E-state index is 13.5. The average Bonchev–Trinajstić information content (AvgIpc) is 2.27. The Morgan fingerprint density at radius 3 is 2.71 bits per heavy atom. The van der Waals surface area contributed by atoms with Gasteiger partial charge in [-0.05, 0) is 25.1 Å². The molecule has 1 unspecified atom stereocenters. The van der Waals surface area contributed by atoms with Crippen LogP contribution in [0.25, 0.3) is 0 Å². The van der Waals surface area contributed by atoms with E-state index < -0.39 is 11.8 Å². The summed E-state index contributed by atoms with van der Waals surface area (Å²) in [4.78, 5) is 12.5. The van der Waals surface area contributed by atoms with Crippen LogP contribution in [0.4, 0.5) is 10.1 Å². The Balaban J connectivity index is 2.93. The zero-order valence-electron chi connectivity index (χ0n) is 10.1. The number of likely N-dealkylation sites (N-methyl/N-ethyl adjacent to an activating group) is 1. The van der Waals surface area contributed by atoms with Gasteiger partial charge in [-0.1, -0.05) is 0 Å². The third-order valence-corrected chi connectivity index (χ3v) is 2.66. The van der Waals surface area contributed by atoms with Crippen LogP contribution in [0.5, 0.6) is 0 Å². The highest BCUT2D eigenvalue weighted by molar-refractivity contribution is 5.88. The van der Waals surface area contributed by atoms with Gasteiger partial charge in [0.2, 0.25) is 0 Å². The van der Waals surface area contributed by atoms with E-state index in [0.717, 1.165) is 0 Å². The summed E-state index contributed by atoms with van der Waals surface area (Å²) in [6, 6.07) is 4.15.